The third-order valence-electron chi connectivity index (χ3n) is 4.27. The largest absolute Gasteiger partial charge is 0.497 e. The molecule has 2 aromatic carbocycles. The number of rotatable bonds is 4. The SMILES string of the molecule is COc1ccc(-c2ccc(C(O)C3(C)NC(=O)NC3=O)cc2)cc1. The second kappa shape index (κ2) is 5.98. The van der Waals surface area contributed by atoms with Gasteiger partial charge in [0.2, 0.25) is 0 Å². The predicted octanol–water partition coefficient (Wildman–Crippen LogP) is 1.99. The summed E-state index contributed by atoms with van der Waals surface area (Å²) in [5, 5.41) is 15.1. The summed E-state index contributed by atoms with van der Waals surface area (Å²) in [4.78, 5) is 23.2. The van der Waals surface area contributed by atoms with Gasteiger partial charge in [0.15, 0.2) is 0 Å². The molecule has 0 aromatic heterocycles. The third kappa shape index (κ3) is 2.72. The molecule has 6 nitrogen and oxygen atoms in total. The van der Waals surface area contributed by atoms with Crippen molar-refractivity contribution >= 4 is 11.9 Å². The van der Waals surface area contributed by atoms with Gasteiger partial charge in [0.25, 0.3) is 5.91 Å². The topological polar surface area (TPSA) is 87.7 Å². The summed E-state index contributed by atoms with van der Waals surface area (Å²) in [5.41, 5.74) is 1.15. The highest BCUT2D eigenvalue weighted by Crippen LogP contribution is 2.30. The Morgan fingerprint density at radius 2 is 1.54 bits per heavy atom. The molecule has 3 N–H and O–H groups in total. The summed E-state index contributed by atoms with van der Waals surface area (Å²) >= 11 is 0. The van der Waals surface area contributed by atoms with E-state index in [-0.39, 0.29) is 0 Å². The number of ether oxygens (including phenoxy) is 1. The summed E-state index contributed by atoms with van der Waals surface area (Å²) in [5.74, 6) is 0.237. The van der Waals surface area contributed by atoms with Crippen LogP contribution in [-0.4, -0.2) is 29.7 Å². The summed E-state index contributed by atoms with van der Waals surface area (Å²) in [6, 6.07) is 14.2. The van der Waals surface area contributed by atoms with Crippen molar-refractivity contribution in [1.29, 1.82) is 0 Å². The number of hydrogen-bond donors (Lipinski definition) is 3. The summed E-state index contributed by atoms with van der Waals surface area (Å²) in [6.07, 6.45) is -1.14. The monoisotopic (exact) mass is 326 g/mol. The molecule has 1 saturated heterocycles. The molecule has 1 aliphatic heterocycles. The molecular weight excluding hydrogens is 308 g/mol. The van der Waals surface area contributed by atoms with Gasteiger partial charge in [0.1, 0.15) is 17.4 Å². The van der Waals surface area contributed by atoms with Crippen LogP contribution in [0.1, 0.15) is 18.6 Å². The zero-order valence-corrected chi connectivity index (χ0v) is 13.4. The molecule has 2 atom stereocenters. The van der Waals surface area contributed by atoms with Gasteiger partial charge in [0.05, 0.1) is 7.11 Å². The standard InChI is InChI=1S/C18H18N2O4/c1-18(16(22)19-17(23)20-18)15(21)13-5-3-11(4-6-13)12-7-9-14(24-2)10-8-12/h3-10,15,21H,1-2H3,(H2,19,20,22,23). The minimum Gasteiger partial charge on any atom is -0.497 e. The number of aliphatic hydroxyl groups is 1. The summed E-state index contributed by atoms with van der Waals surface area (Å²) in [7, 11) is 1.61. The van der Waals surface area contributed by atoms with Crippen molar-refractivity contribution in [3.8, 4) is 16.9 Å². The molecular formula is C18H18N2O4. The van der Waals surface area contributed by atoms with E-state index >= 15 is 0 Å². The number of hydrogen-bond acceptors (Lipinski definition) is 4. The lowest BCUT2D eigenvalue weighted by atomic mass is 9.89. The minimum absolute atomic E-state index is 0.542. The fourth-order valence-electron chi connectivity index (χ4n) is 2.72. The van der Waals surface area contributed by atoms with Crippen molar-refractivity contribution in [3.63, 3.8) is 0 Å². The van der Waals surface area contributed by atoms with Crippen molar-refractivity contribution in [3.05, 3.63) is 54.1 Å². The lowest BCUT2D eigenvalue weighted by Crippen LogP contribution is -2.49. The molecule has 6 heteroatoms. The second-order valence-electron chi connectivity index (χ2n) is 5.86. The average Bonchev–Trinajstić information content (AvgIpc) is 2.87. The molecule has 1 aliphatic rings. The van der Waals surface area contributed by atoms with Gasteiger partial charge < -0.3 is 15.2 Å². The number of nitrogens with one attached hydrogen (secondary N) is 2. The molecule has 3 rings (SSSR count). The van der Waals surface area contributed by atoms with Crippen LogP contribution in [0.3, 0.4) is 0 Å². The van der Waals surface area contributed by atoms with Crippen LogP contribution in [-0.2, 0) is 4.79 Å². The van der Waals surface area contributed by atoms with Crippen molar-refractivity contribution in [2.45, 2.75) is 18.6 Å². The molecule has 0 aliphatic carbocycles. The van der Waals surface area contributed by atoms with Crippen molar-refractivity contribution in [2.75, 3.05) is 7.11 Å². The summed E-state index contributed by atoms with van der Waals surface area (Å²) in [6.45, 7) is 1.50. The smallest absolute Gasteiger partial charge is 0.322 e. The predicted molar refractivity (Wildman–Crippen MR) is 88.5 cm³/mol. The number of carbonyl (C=O) groups is 2. The van der Waals surface area contributed by atoms with Crippen LogP contribution in [0.25, 0.3) is 11.1 Å². The van der Waals surface area contributed by atoms with Gasteiger partial charge in [-0.3, -0.25) is 10.1 Å². The lowest BCUT2D eigenvalue weighted by Gasteiger charge is -2.27. The van der Waals surface area contributed by atoms with E-state index in [1.165, 1.54) is 6.92 Å². The first kappa shape index (κ1) is 16.0. The van der Waals surface area contributed by atoms with E-state index in [1.54, 1.807) is 19.2 Å². The Hall–Kier alpha value is -2.86. The molecule has 2 aromatic rings. The highest BCUT2D eigenvalue weighted by Gasteiger charge is 2.48. The first-order valence-corrected chi connectivity index (χ1v) is 7.50. The Morgan fingerprint density at radius 3 is 2.00 bits per heavy atom. The van der Waals surface area contributed by atoms with Gasteiger partial charge >= 0.3 is 6.03 Å². The molecule has 0 saturated carbocycles. The number of aliphatic hydroxyl groups excluding tert-OH is 1. The number of carbonyl (C=O) groups excluding carboxylic acids is 2. The average molecular weight is 326 g/mol. The third-order valence-corrected chi connectivity index (χ3v) is 4.27. The van der Waals surface area contributed by atoms with Gasteiger partial charge in [-0.2, -0.15) is 0 Å². The van der Waals surface area contributed by atoms with E-state index < -0.39 is 23.6 Å². The normalized spacial score (nSPS) is 21.1. The van der Waals surface area contributed by atoms with Gasteiger partial charge in [-0.1, -0.05) is 36.4 Å². The van der Waals surface area contributed by atoms with Crippen molar-refractivity contribution < 1.29 is 19.4 Å². The van der Waals surface area contributed by atoms with E-state index in [0.717, 1.165) is 16.9 Å². The maximum absolute atomic E-state index is 11.9. The zero-order chi connectivity index (χ0) is 17.3. The summed E-state index contributed by atoms with van der Waals surface area (Å²) < 4.78 is 5.14. The fraction of sp³-hybridized carbons (Fsp3) is 0.222. The molecule has 0 bridgehead atoms. The van der Waals surface area contributed by atoms with Crippen LogP contribution < -0.4 is 15.4 Å². The Bertz CT molecular complexity index is 771. The first-order valence-electron chi connectivity index (χ1n) is 7.50. The van der Waals surface area contributed by atoms with Gasteiger partial charge in [-0.15, -0.1) is 0 Å². The Kier molecular flexibility index (Phi) is 3.99. The molecule has 3 amide bonds. The van der Waals surface area contributed by atoms with E-state index in [9.17, 15) is 14.7 Å². The zero-order valence-electron chi connectivity index (χ0n) is 13.4. The molecule has 1 heterocycles. The number of urea groups is 1. The number of imide groups is 1. The van der Waals surface area contributed by atoms with Crippen LogP contribution in [0.15, 0.2) is 48.5 Å². The quantitative estimate of drug-likeness (QED) is 0.750. The van der Waals surface area contributed by atoms with Gasteiger partial charge in [-0.05, 0) is 35.7 Å². The van der Waals surface area contributed by atoms with Gasteiger partial charge in [0, 0.05) is 0 Å². The molecule has 2 unspecified atom stereocenters. The minimum atomic E-state index is -1.38. The van der Waals surface area contributed by atoms with E-state index in [2.05, 4.69) is 10.6 Å². The van der Waals surface area contributed by atoms with Crippen LogP contribution >= 0.6 is 0 Å². The van der Waals surface area contributed by atoms with Crippen LogP contribution in [0.2, 0.25) is 0 Å². The Labute approximate surface area is 139 Å². The lowest BCUT2D eigenvalue weighted by molar-refractivity contribution is -0.127. The van der Waals surface area contributed by atoms with Crippen molar-refractivity contribution in [2.24, 2.45) is 0 Å². The van der Waals surface area contributed by atoms with Crippen molar-refractivity contribution in [1.82, 2.24) is 10.6 Å². The number of amides is 3. The fourth-order valence-corrected chi connectivity index (χ4v) is 2.72. The molecule has 124 valence electrons. The molecule has 0 spiro atoms. The highest BCUT2D eigenvalue weighted by atomic mass is 16.5. The second-order valence-corrected chi connectivity index (χ2v) is 5.86. The van der Waals surface area contributed by atoms with E-state index in [0.29, 0.717) is 5.56 Å². The molecule has 1 fully saturated rings. The maximum Gasteiger partial charge on any atom is 0.322 e. The number of methoxy groups -OCH3 is 1. The molecule has 0 radical (unpaired) electrons. The number of benzene rings is 2. The Morgan fingerprint density at radius 1 is 1.00 bits per heavy atom. The van der Waals surface area contributed by atoms with Crippen LogP contribution in [0, 0.1) is 0 Å². The molecule has 24 heavy (non-hydrogen) atoms. The first-order chi connectivity index (χ1) is 11.4. The maximum atomic E-state index is 11.9. The Balaban J connectivity index is 1.83. The van der Waals surface area contributed by atoms with Crippen LogP contribution in [0.5, 0.6) is 5.75 Å². The van der Waals surface area contributed by atoms with Gasteiger partial charge in [-0.25, -0.2) is 4.79 Å². The van der Waals surface area contributed by atoms with E-state index in [1.807, 2.05) is 36.4 Å². The van der Waals surface area contributed by atoms with Crippen LogP contribution in [0.4, 0.5) is 4.79 Å². The highest BCUT2D eigenvalue weighted by molar-refractivity contribution is 6.07. The van der Waals surface area contributed by atoms with E-state index in [4.69, 9.17) is 4.74 Å².